The summed E-state index contributed by atoms with van der Waals surface area (Å²) in [6.45, 7) is 3.52. The fourth-order valence-corrected chi connectivity index (χ4v) is 7.54. The number of rotatable bonds is 6. The fourth-order valence-electron chi connectivity index (χ4n) is 6.27. The first-order valence-electron chi connectivity index (χ1n) is 14.2. The average Bonchev–Trinajstić information content (AvgIpc) is 3.26. The average molecular weight is 547 g/mol. The molecule has 0 unspecified atom stereocenters. The lowest BCUT2D eigenvalue weighted by molar-refractivity contribution is -0.120. The van der Waals surface area contributed by atoms with E-state index in [4.69, 9.17) is 5.73 Å². The molecular formula is C30H38N6O2S. The number of likely N-dealkylation sites (tertiary alicyclic amines) is 1. The van der Waals surface area contributed by atoms with Crippen LogP contribution >= 0.6 is 11.8 Å². The third kappa shape index (κ3) is 5.85. The molecule has 2 aliphatic heterocycles. The van der Waals surface area contributed by atoms with Crippen LogP contribution in [0.2, 0.25) is 0 Å². The molecule has 0 spiro atoms. The molecule has 3 aromatic rings. The molecule has 2 saturated heterocycles. The quantitative estimate of drug-likeness (QED) is 0.463. The Kier molecular flexibility index (Phi) is 7.64. The maximum absolute atomic E-state index is 12.4. The second-order valence-corrected chi connectivity index (χ2v) is 12.7. The summed E-state index contributed by atoms with van der Waals surface area (Å²) >= 11 is 2.03. The van der Waals surface area contributed by atoms with Crippen LogP contribution in [0.3, 0.4) is 0 Å². The number of aryl methyl sites for hydroxylation is 1. The highest BCUT2D eigenvalue weighted by molar-refractivity contribution is 8.00. The molecule has 0 atom stereocenters. The van der Waals surface area contributed by atoms with Gasteiger partial charge in [-0.3, -0.25) is 24.6 Å². The Morgan fingerprint density at radius 2 is 1.79 bits per heavy atom. The van der Waals surface area contributed by atoms with Gasteiger partial charge < -0.3 is 5.73 Å². The Morgan fingerprint density at radius 1 is 1.00 bits per heavy atom. The van der Waals surface area contributed by atoms with Crippen molar-refractivity contribution in [3.8, 4) is 0 Å². The van der Waals surface area contributed by atoms with E-state index in [0.717, 1.165) is 56.2 Å². The molecule has 3 amide bonds. The Morgan fingerprint density at radius 3 is 2.56 bits per heavy atom. The van der Waals surface area contributed by atoms with Gasteiger partial charge in [-0.25, -0.2) is 4.79 Å². The van der Waals surface area contributed by atoms with Crippen LogP contribution < -0.4 is 16.0 Å². The number of thioether (sulfide) groups is 1. The number of imide groups is 1. The highest BCUT2D eigenvalue weighted by atomic mass is 32.2. The zero-order valence-electron chi connectivity index (χ0n) is 22.6. The fraction of sp³-hybridized carbons (Fsp3) is 0.500. The van der Waals surface area contributed by atoms with Crippen LogP contribution in [-0.4, -0.2) is 57.5 Å². The van der Waals surface area contributed by atoms with Crippen LogP contribution in [0.4, 0.5) is 10.6 Å². The number of urea groups is 1. The number of nitrogens with one attached hydrogen (secondary N) is 1. The minimum atomic E-state index is -0.398. The first-order valence-corrected chi connectivity index (χ1v) is 15.1. The van der Waals surface area contributed by atoms with Gasteiger partial charge in [0.05, 0.1) is 5.52 Å². The highest BCUT2D eigenvalue weighted by Gasteiger charge is 2.29. The molecule has 8 nitrogen and oxygen atoms in total. The van der Waals surface area contributed by atoms with E-state index in [0.29, 0.717) is 36.0 Å². The van der Waals surface area contributed by atoms with Crippen LogP contribution in [0, 0.1) is 0 Å². The summed E-state index contributed by atoms with van der Waals surface area (Å²) in [5, 5.41) is 8.67. The number of nitrogens with zero attached hydrogens (tertiary/aromatic N) is 4. The number of fused-ring (bicyclic) bond motifs is 1. The first-order chi connectivity index (χ1) is 18.9. The Bertz CT molecular complexity index is 1360. The van der Waals surface area contributed by atoms with Crippen molar-refractivity contribution in [2.45, 2.75) is 73.6 Å². The van der Waals surface area contributed by atoms with E-state index >= 15 is 0 Å². The van der Waals surface area contributed by atoms with Crippen molar-refractivity contribution in [2.75, 3.05) is 24.5 Å². The van der Waals surface area contributed by atoms with E-state index in [1.165, 1.54) is 28.9 Å². The van der Waals surface area contributed by atoms with Crippen molar-refractivity contribution in [3.63, 3.8) is 0 Å². The largest absolute Gasteiger partial charge is 0.329 e. The van der Waals surface area contributed by atoms with Gasteiger partial charge in [0, 0.05) is 48.1 Å². The highest BCUT2D eigenvalue weighted by Crippen LogP contribution is 2.35. The number of benzene rings is 2. The number of aromatic nitrogens is 2. The molecule has 3 fully saturated rings. The van der Waals surface area contributed by atoms with Gasteiger partial charge in [0.2, 0.25) is 5.91 Å². The normalized spacial score (nSPS) is 23.4. The van der Waals surface area contributed by atoms with Crippen molar-refractivity contribution >= 4 is 40.4 Å². The van der Waals surface area contributed by atoms with Gasteiger partial charge >= 0.3 is 6.03 Å². The molecule has 39 heavy (non-hydrogen) atoms. The van der Waals surface area contributed by atoms with Crippen molar-refractivity contribution in [1.82, 2.24) is 20.0 Å². The van der Waals surface area contributed by atoms with Crippen LogP contribution in [0.25, 0.3) is 10.9 Å². The molecule has 1 saturated carbocycles. The van der Waals surface area contributed by atoms with E-state index in [-0.39, 0.29) is 5.91 Å². The molecule has 2 aromatic carbocycles. The lowest BCUT2D eigenvalue weighted by Gasteiger charge is -2.32. The van der Waals surface area contributed by atoms with E-state index in [9.17, 15) is 9.59 Å². The molecular weight excluding hydrogens is 508 g/mol. The number of nitrogens with two attached hydrogens (primary N) is 1. The number of piperidine rings is 1. The number of carbonyl (C=O) groups excluding carboxylic acids is 2. The lowest BCUT2D eigenvalue weighted by Crippen LogP contribution is -2.49. The molecule has 3 heterocycles. The van der Waals surface area contributed by atoms with E-state index < -0.39 is 6.03 Å². The van der Waals surface area contributed by atoms with E-state index in [2.05, 4.69) is 57.8 Å². The third-order valence-corrected chi connectivity index (χ3v) is 9.88. The molecule has 206 valence electrons. The Hall–Kier alpha value is -2.88. The summed E-state index contributed by atoms with van der Waals surface area (Å²) < 4.78 is 1.85. The van der Waals surface area contributed by atoms with Gasteiger partial charge in [0.1, 0.15) is 0 Å². The number of hydrogen-bond acceptors (Lipinski definition) is 6. The zero-order valence-corrected chi connectivity index (χ0v) is 23.5. The summed E-state index contributed by atoms with van der Waals surface area (Å²) in [5.41, 5.74) is 9.84. The lowest BCUT2D eigenvalue weighted by atomic mass is 9.89. The number of amides is 3. The molecule has 9 heteroatoms. The predicted molar refractivity (Wildman–Crippen MR) is 156 cm³/mol. The molecule has 0 radical (unpaired) electrons. The Balaban J connectivity index is 1.07. The summed E-state index contributed by atoms with van der Waals surface area (Å²) in [7, 11) is 1.92. The van der Waals surface area contributed by atoms with Crippen LogP contribution in [0.1, 0.15) is 62.0 Å². The van der Waals surface area contributed by atoms with Crippen molar-refractivity contribution in [1.29, 1.82) is 0 Å². The van der Waals surface area contributed by atoms with E-state index in [1.54, 1.807) is 4.90 Å². The van der Waals surface area contributed by atoms with Crippen LogP contribution in [-0.2, 0) is 18.4 Å². The Labute approximate surface area is 234 Å². The van der Waals surface area contributed by atoms with Crippen LogP contribution in [0.15, 0.2) is 47.4 Å². The summed E-state index contributed by atoms with van der Waals surface area (Å²) in [6.07, 6.45) is 7.30. The SMILES string of the molecule is Cn1nc(N2CCC(=O)NC2=O)c2ccc(C3CCN(Cc4cccc(SC5CCC(N)CC5)c4)CC3)cc21. The van der Waals surface area contributed by atoms with Gasteiger partial charge in [-0.05, 0) is 92.9 Å². The summed E-state index contributed by atoms with van der Waals surface area (Å²) in [4.78, 5) is 29.5. The molecule has 3 aliphatic rings. The topological polar surface area (TPSA) is 96.5 Å². The summed E-state index contributed by atoms with van der Waals surface area (Å²) in [5.74, 6) is 0.896. The summed E-state index contributed by atoms with van der Waals surface area (Å²) in [6, 6.07) is 15.6. The number of anilines is 1. The second kappa shape index (κ2) is 11.3. The third-order valence-electron chi connectivity index (χ3n) is 8.55. The van der Waals surface area contributed by atoms with Gasteiger partial charge in [0.15, 0.2) is 5.82 Å². The van der Waals surface area contributed by atoms with Crippen LogP contribution in [0.5, 0.6) is 0 Å². The second-order valence-electron chi connectivity index (χ2n) is 11.3. The van der Waals surface area contributed by atoms with Crippen molar-refractivity contribution in [2.24, 2.45) is 12.8 Å². The smallest absolute Gasteiger partial charge is 0.328 e. The molecule has 0 bridgehead atoms. The predicted octanol–water partition coefficient (Wildman–Crippen LogP) is 4.76. The zero-order chi connectivity index (χ0) is 26.9. The standard InChI is InChI=1S/C30H38N6O2S/c1-34-27-18-22(5-10-26(27)29(33-34)36-16-13-28(37)32-30(36)38)21-11-14-35(15-12-21)19-20-3-2-4-25(17-20)39-24-8-6-23(31)7-9-24/h2-5,10,17-18,21,23-24H,6-9,11-16,19,31H2,1H3,(H,32,37,38). The van der Waals surface area contributed by atoms with Gasteiger partial charge in [-0.15, -0.1) is 11.8 Å². The van der Waals surface area contributed by atoms with Gasteiger partial charge in [-0.1, -0.05) is 18.2 Å². The minimum Gasteiger partial charge on any atom is -0.328 e. The number of hydrogen-bond donors (Lipinski definition) is 2. The molecule has 3 N–H and O–H groups in total. The first kappa shape index (κ1) is 26.3. The van der Waals surface area contributed by atoms with E-state index in [1.807, 2.05) is 23.5 Å². The van der Waals surface area contributed by atoms with Crippen molar-refractivity contribution in [3.05, 3.63) is 53.6 Å². The molecule has 1 aliphatic carbocycles. The maximum Gasteiger partial charge on any atom is 0.329 e. The minimum absolute atomic E-state index is 0.234. The van der Waals surface area contributed by atoms with Gasteiger partial charge in [0.25, 0.3) is 0 Å². The van der Waals surface area contributed by atoms with Crippen molar-refractivity contribution < 1.29 is 9.59 Å². The monoisotopic (exact) mass is 546 g/mol. The molecule has 1 aromatic heterocycles. The maximum atomic E-state index is 12.4. The number of carbonyl (C=O) groups is 2. The van der Waals surface area contributed by atoms with Gasteiger partial charge in [-0.2, -0.15) is 5.10 Å². The molecule has 6 rings (SSSR count).